The summed E-state index contributed by atoms with van der Waals surface area (Å²) in [6.45, 7) is 1.96. The number of hydrogen-bond donors (Lipinski definition) is 1. The number of aryl methyl sites for hydroxylation is 1. The molecule has 5 heteroatoms. The molecule has 1 N–H and O–H groups in total. The molecule has 0 spiro atoms. The van der Waals surface area contributed by atoms with E-state index in [1.54, 1.807) is 0 Å². The van der Waals surface area contributed by atoms with E-state index in [0.29, 0.717) is 10.8 Å². The second-order valence-corrected chi connectivity index (χ2v) is 7.48. The van der Waals surface area contributed by atoms with Crippen LogP contribution in [0.1, 0.15) is 5.56 Å². The zero-order valence-electron chi connectivity index (χ0n) is 16.3. The number of fused-ring (bicyclic) bond motifs is 2. The molecule has 0 radical (unpaired) electrons. The van der Waals surface area contributed by atoms with E-state index in [9.17, 15) is 0 Å². The number of anilines is 1. The van der Waals surface area contributed by atoms with E-state index in [1.807, 2.05) is 91.9 Å². The third-order valence-electron chi connectivity index (χ3n) is 4.97. The molecule has 5 aromatic rings. The van der Waals surface area contributed by atoms with E-state index in [2.05, 4.69) is 15.5 Å². The maximum absolute atomic E-state index is 6.38. The first-order valence-electron chi connectivity index (χ1n) is 9.62. The molecular weight excluding hydrogens is 394 g/mol. The van der Waals surface area contributed by atoms with Gasteiger partial charge in [-0.2, -0.15) is 5.10 Å². The van der Waals surface area contributed by atoms with Crippen LogP contribution in [0.4, 0.5) is 5.82 Å². The van der Waals surface area contributed by atoms with E-state index in [0.717, 1.165) is 44.1 Å². The fourth-order valence-electron chi connectivity index (χ4n) is 3.37. The van der Waals surface area contributed by atoms with Gasteiger partial charge in [0.1, 0.15) is 17.2 Å². The Bertz CT molecular complexity index is 1440. The first kappa shape index (κ1) is 18.4. The summed E-state index contributed by atoms with van der Waals surface area (Å²) in [7, 11) is 0. The maximum atomic E-state index is 6.38. The van der Waals surface area contributed by atoms with Crippen molar-refractivity contribution in [1.82, 2.24) is 4.98 Å². The number of aromatic nitrogens is 1. The molecule has 146 valence electrons. The molecule has 0 aliphatic carbocycles. The van der Waals surface area contributed by atoms with Gasteiger partial charge in [-0.3, -0.25) is 5.43 Å². The van der Waals surface area contributed by atoms with Gasteiger partial charge >= 0.3 is 0 Å². The SMILES string of the molecule is Cc1cc2oc(-c3ccccc3)c/c(=N\Nc3ccc4ccccc4n3)c2cc1Cl. The van der Waals surface area contributed by atoms with Gasteiger partial charge in [-0.25, -0.2) is 4.98 Å². The first-order chi connectivity index (χ1) is 14.7. The number of benzene rings is 3. The van der Waals surface area contributed by atoms with Crippen LogP contribution in [0, 0.1) is 6.92 Å². The Balaban J connectivity index is 1.66. The third-order valence-corrected chi connectivity index (χ3v) is 5.38. The minimum Gasteiger partial charge on any atom is -0.456 e. The average Bonchev–Trinajstić information content (AvgIpc) is 2.79. The Kier molecular flexibility index (Phi) is 4.69. The van der Waals surface area contributed by atoms with Crippen molar-refractivity contribution in [3.05, 3.63) is 101 Å². The smallest absolute Gasteiger partial charge is 0.146 e. The largest absolute Gasteiger partial charge is 0.456 e. The lowest BCUT2D eigenvalue weighted by molar-refractivity contribution is 0.618. The predicted molar refractivity (Wildman–Crippen MR) is 122 cm³/mol. The molecule has 30 heavy (non-hydrogen) atoms. The zero-order chi connectivity index (χ0) is 20.5. The molecule has 0 unspecified atom stereocenters. The van der Waals surface area contributed by atoms with Gasteiger partial charge in [-0.05, 0) is 42.8 Å². The summed E-state index contributed by atoms with van der Waals surface area (Å²) < 4.78 is 6.17. The van der Waals surface area contributed by atoms with Crippen LogP contribution in [-0.2, 0) is 0 Å². The molecule has 0 bridgehead atoms. The van der Waals surface area contributed by atoms with Crippen LogP contribution < -0.4 is 10.8 Å². The van der Waals surface area contributed by atoms with Crippen LogP contribution in [0.2, 0.25) is 5.02 Å². The molecule has 5 rings (SSSR count). The van der Waals surface area contributed by atoms with E-state index >= 15 is 0 Å². The highest BCUT2D eigenvalue weighted by Gasteiger charge is 2.09. The molecule has 2 aromatic heterocycles. The lowest BCUT2D eigenvalue weighted by Crippen LogP contribution is -2.08. The first-order valence-corrected chi connectivity index (χ1v) is 10.0. The number of rotatable bonds is 3. The fraction of sp³-hybridized carbons (Fsp3) is 0.0400. The highest BCUT2D eigenvalue weighted by molar-refractivity contribution is 6.32. The van der Waals surface area contributed by atoms with Gasteiger partial charge in [0.15, 0.2) is 0 Å². The summed E-state index contributed by atoms with van der Waals surface area (Å²) in [5, 5.41) is 7.95. The lowest BCUT2D eigenvalue weighted by Gasteiger charge is -2.07. The van der Waals surface area contributed by atoms with Crippen LogP contribution >= 0.6 is 11.6 Å². The van der Waals surface area contributed by atoms with Gasteiger partial charge in [-0.15, -0.1) is 0 Å². The van der Waals surface area contributed by atoms with E-state index in [4.69, 9.17) is 16.0 Å². The second kappa shape index (κ2) is 7.65. The van der Waals surface area contributed by atoms with Crippen molar-refractivity contribution in [3.8, 4) is 11.3 Å². The van der Waals surface area contributed by atoms with Gasteiger partial charge in [-0.1, -0.05) is 60.1 Å². The second-order valence-electron chi connectivity index (χ2n) is 7.07. The van der Waals surface area contributed by atoms with Crippen LogP contribution in [-0.4, -0.2) is 4.98 Å². The van der Waals surface area contributed by atoms with Crippen molar-refractivity contribution in [2.24, 2.45) is 5.10 Å². The Morgan fingerprint density at radius 2 is 1.70 bits per heavy atom. The molecule has 0 aliphatic rings. The van der Waals surface area contributed by atoms with Gasteiger partial charge < -0.3 is 4.42 Å². The molecule has 2 heterocycles. The lowest BCUT2D eigenvalue weighted by atomic mass is 10.1. The van der Waals surface area contributed by atoms with Crippen LogP contribution in [0.5, 0.6) is 0 Å². The van der Waals surface area contributed by atoms with Crippen molar-refractivity contribution < 1.29 is 4.42 Å². The van der Waals surface area contributed by atoms with Crippen molar-refractivity contribution in [1.29, 1.82) is 0 Å². The molecule has 0 amide bonds. The normalized spacial score (nSPS) is 11.9. The minimum absolute atomic E-state index is 0.669. The van der Waals surface area contributed by atoms with Gasteiger partial charge in [0.2, 0.25) is 0 Å². The molecule has 0 saturated carbocycles. The monoisotopic (exact) mass is 411 g/mol. The van der Waals surface area contributed by atoms with Crippen molar-refractivity contribution in [2.75, 3.05) is 5.43 Å². The van der Waals surface area contributed by atoms with Crippen LogP contribution in [0.15, 0.2) is 94.4 Å². The Morgan fingerprint density at radius 1 is 0.900 bits per heavy atom. The number of halogens is 1. The van der Waals surface area contributed by atoms with Crippen molar-refractivity contribution in [2.45, 2.75) is 6.92 Å². The van der Waals surface area contributed by atoms with E-state index < -0.39 is 0 Å². The fourth-order valence-corrected chi connectivity index (χ4v) is 3.54. The molecule has 0 atom stereocenters. The topological polar surface area (TPSA) is 50.4 Å². The summed E-state index contributed by atoms with van der Waals surface area (Å²) in [5.41, 5.74) is 6.66. The summed E-state index contributed by atoms with van der Waals surface area (Å²) >= 11 is 6.38. The summed E-state index contributed by atoms with van der Waals surface area (Å²) in [6, 6.07) is 27.6. The Hall–Kier alpha value is -3.63. The number of para-hydroxylation sites is 1. The van der Waals surface area contributed by atoms with Crippen molar-refractivity contribution in [3.63, 3.8) is 0 Å². The van der Waals surface area contributed by atoms with E-state index in [1.165, 1.54) is 0 Å². The molecule has 0 saturated heterocycles. The average molecular weight is 412 g/mol. The third kappa shape index (κ3) is 3.53. The summed E-state index contributed by atoms with van der Waals surface area (Å²) in [5.74, 6) is 1.40. The number of hydrogen-bond acceptors (Lipinski definition) is 4. The summed E-state index contributed by atoms with van der Waals surface area (Å²) in [4.78, 5) is 4.63. The van der Waals surface area contributed by atoms with E-state index in [-0.39, 0.29) is 0 Å². The molecular formula is C25H18ClN3O. The Labute approximate surface area is 178 Å². The zero-order valence-corrected chi connectivity index (χ0v) is 17.0. The van der Waals surface area contributed by atoms with Gasteiger partial charge in [0.25, 0.3) is 0 Å². The minimum atomic E-state index is 0.669. The summed E-state index contributed by atoms with van der Waals surface area (Å²) in [6.07, 6.45) is 0. The molecule has 3 aromatic carbocycles. The van der Waals surface area contributed by atoms with Crippen LogP contribution in [0.25, 0.3) is 33.2 Å². The highest BCUT2D eigenvalue weighted by atomic mass is 35.5. The van der Waals surface area contributed by atoms with Crippen molar-refractivity contribution >= 4 is 39.3 Å². The highest BCUT2D eigenvalue weighted by Crippen LogP contribution is 2.26. The standard InChI is InChI=1S/C25H18ClN3O/c1-16-13-24-19(14-20(16)26)22(15-23(30-24)18-8-3-2-4-9-18)28-29-25-12-11-17-7-5-6-10-21(17)27-25/h2-15H,1H3,(H,27,29)/b28-22+. The number of nitrogens with zero attached hydrogens (tertiary/aromatic N) is 2. The maximum Gasteiger partial charge on any atom is 0.146 e. The van der Waals surface area contributed by atoms with Gasteiger partial charge in [0, 0.05) is 27.4 Å². The quantitative estimate of drug-likeness (QED) is 0.343. The number of nitrogens with one attached hydrogen (secondary N) is 1. The molecule has 0 fully saturated rings. The number of pyridine rings is 1. The van der Waals surface area contributed by atoms with Crippen LogP contribution in [0.3, 0.4) is 0 Å². The molecule has 4 nitrogen and oxygen atoms in total. The Morgan fingerprint density at radius 3 is 2.57 bits per heavy atom. The molecule has 0 aliphatic heterocycles. The van der Waals surface area contributed by atoms with Gasteiger partial charge in [0.05, 0.1) is 10.9 Å². The predicted octanol–water partition coefficient (Wildman–Crippen LogP) is 6.54.